The first-order chi connectivity index (χ1) is 11.2. The minimum atomic E-state index is 0.153. The normalized spacial score (nSPS) is 12.3. The summed E-state index contributed by atoms with van der Waals surface area (Å²) in [6, 6.07) is 6.82. The maximum atomic E-state index is 9.72. The van der Waals surface area contributed by atoms with Crippen LogP contribution in [0.2, 0.25) is 0 Å². The summed E-state index contributed by atoms with van der Waals surface area (Å²) < 4.78 is 7.12. The van der Waals surface area contributed by atoms with Gasteiger partial charge in [-0.3, -0.25) is 14.4 Å². The summed E-state index contributed by atoms with van der Waals surface area (Å²) in [5, 5.41) is 9.72. The Morgan fingerprint density at radius 1 is 1.48 bits per heavy atom. The van der Waals surface area contributed by atoms with Crippen molar-refractivity contribution in [1.82, 2.24) is 9.38 Å². The van der Waals surface area contributed by atoms with E-state index < -0.39 is 0 Å². The van der Waals surface area contributed by atoms with E-state index in [4.69, 9.17) is 10.2 Å². The summed E-state index contributed by atoms with van der Waals surface area (Å²) in [5.74, 6) is 0.573. The fourth-order valence-electron chi connectivity index (χ4n) is 2.28. The molecule has 1 aromatic carbocycles. The molecule has 0 bridgehead atoms. The van der Waals surface area contributed by atoms with Crippen molar-refractivity contribution in [2.24, 2.45) is 15.7 Å². The number of hydrogen-bond acceptors (Lipinski definition) is 6. The topological polar surface area (TPSA) is 101 Å². The number of aliphatic imine (C=N–C) groups is 2. The van der Waals surface area contributed by atoms with Gasteiger partial charge >= 0.3 is 5.84 Å². The highest BCUT2D eigenvalue weighted by Gasteiger charge is 2.19. The highest BCUT2D eigenvalue weighted by Crippen LogP contribution is 2.31. The first kappa shape index (κ1) is 14.7. The zero-order valence-electron chi connectivity index (χ0n) is 12.3. The van der Waals surface area contributed by atoms with E-state index in [0.717, 1.165) is 5.56 Å². The van der Waals surface area contributed by atoms with E-state index in [2.05, 4.69) is 21.7 Å². The second-order valence-corrected chi connectivity index (χ2v) is 4.64. The first-order valence-electron chi connectivity index (χ1n) is 6.87. The number of aromatic hydroxyl groups is 1. The minimum absolute atomic E-state index is 0.153. The molecule has 0 aliphatic carbocycles. The van der Waals surface area contributed by atoms with Crippen LogP contribution in [-0.4, -0.2) is 34.1 Å². The molecule has 2 aromatic heterocycles. The van der Waals surface area contributed by atoms with Crippen molar-refractivity contribution in [2.75, 3.05) is 6.67 Å². The number of phenolic OH excluding ortho intramolecular Hbond substituents is 1. The van der Waals surface area contributed by atoms with Gasteiger partial charge in [-0.2, -0.15) is 4.98 Å². The van der Waals surface area contributed by atoms with E-state index in [1.54, 1.807) is 41.1 Å². The minimum Gasteiger partial charge on any atom is -0.508 e. The molecule has 23 heavy (non-hydrogen) atoms. The molecule has 0 atom stereocenters. The molecule has 116 valence electrons. The average molecular weight is 309 g/mol. The fourth-order valence-corrected chi connectivity index (χ4v) is 2.28. The molecule has 0 unspecified atom stereocenters. The van der Waals surface area contributed by atoms with Crippen molar-refractivity contribution in [2.45, 2.75) is 0 Å². The van der Waals surface area contributed by atoms with Gasteiger partial charge in [-0.05, 0) is 24.9 Å². The first-order valence-corrected chi connectivity index (χ1v) is 6.87. The number of imidazole rings is 1. The van der Waals surface area contributed by atoms with Crippen molar-refractivity contribution in [3.8, 4) is 17.0 Å². The number of oxazole rings is 1. The van der Waals surface area contributed by atoms with Gasteiger partial charge < -0.3 is 15.3 Å². The Hall–Kier alpha value is -3.19. The van der Waals surface area contributed by atoms with Crippen molar-refractivity contribution < 1.29 is 9.52 Å². The van der Waals surface area contributed by atoms with E-state index in [0.29, 0.717) is 22.9 Å². The number of benzene rings is 1. The van der Waals surface area contributed by atoms with Crippen molar-refractivity contribution in [3.63, 3.8) is 0 Å². The molecule has 3 N–H and O–H groups in total. The summed E-state index contributed by atoms with van der Waals surface area (Å²) in [6.07, 6.45) is 6.54. The number of hydrogen-bond donors (Lipinski definition) is 2. The number of nitrogens with zero attached hydrogens (tertiary/aromatic N) is 4. The average Bonchev–Trinajstić information content (AvgIpc) is 3.13. The van der Waals surface area contributed by atoms with Crippen molar-refractivity contribution >= 4 is 24.5 Å². The highest BCUT2D eigenvalue weighted by molar-refractivity contribution is 5.89. The lowest BCUT2D eigenvalue weighted by atomic mass is 10.1. The molecule has 0 aliphatic heterocycles. The maximum absolute atomic E-state index is 9.72. The van der Waals surface area contributed by atoms with Gasteiger partial charge in [-0.15, -0.1) is 0 Å². The van der Waals surface area contributed by atoms with E-state index >= 15 is 0 Å². The SMILES string of the molecule is C=N/C(=C\C=N/CN)c1c(-c2cccc(O)c2)nc2occn12. The number of nitrogens with two attached hydrogens (primary N) is 1. The van der Waals surface area contributed by atoms with Gasteiger partial charge in [0.15, 0.2) is 0 Å². The predicted molar refractivity (Wildman–Crippen MR) is 89.6 cm³/mol. The van der Waals surface area contributed by atoms with Gasteiger partial charge in [-0.25, -0.2) is 0 Å². The molecule has 3 aromatic rings. The fraction of sp³-hybridized carbons (Fsp3) is 0.0625. The third kappa shape index (κ3) is 2.77. The summed E-state index contributed by atoms with van der Waals surface area (Å²) in [6.45, 7) is 3.80. The molecule has 0 saturated carbocycles. The van der Waals surface area contributed by atoms with Crippen LogP contribution in [0.15, 0.2) is 57.2 Å². The summed E-state index contributed by atoms with van der Waals surface area (Å²) in [5.41, 5.74) is 7.97. The lowest BCUT2D eigenvalue weighted by Gasteiger charge is -2.04. The third-order valence-corrected chi connectivity index (χ3v) is 3.24. The zero-order valence-corrected chi connectivity index (χ0v) is 12.3. The van der Waals surface area contributed by atoms with E-state index in [1.165, 1.54) is 6.26 Å². The second kappa shape index (κ2) is 6.29. The molecular weight excluding hydrogens is 294 g/mol. The third-order valence-electron chi connectivity index (χ3n) is 3.24. The largest absolute Gasteiger partial charge is 0.508 e. The second-order valence-electron chi connectivity index (χ2n) is 4.64. The van der Waals surface area contributed by atoms with Crippen LogP contribution in [0.3, 0.4) is 0 Å². The number of allylic oxidation sites excluding steroid dienone is 1. The number of rotatable bonds is 5. The molecule has 0 radical (unpaired) electrons. The Morgan fingerprint density at radius 2 is 2.35 bits per heavy atom. The van der Waals surface area contributed by atoms with Gasteiger partial charge in [0.2, 0.25) is 0 Å². The Bertz CT molecular complexity index is 904. The molecule has 0 aliphatic rings. The van der Waals surface area contributed by atoms with Crippen LogP contribution in [0, 0.1) is 0 Å². The summed E-state index contributed by atoms with van der Waals surface area (Å²) in [4.78, 5) is 12.5. The van der Waals surface area contributed by atoms with Crippen LogP contribution in [0.25, 0.3) is 22.8 Å². The van der Waals surface area contributed by atoms with E-state index in [-0.39, 0.29) is 12.4 Å². The summed E-state index contributed by atoms with van der Waals surface area (Å²) in [7, 11) is 0. The van der Waals surface area contributed by atoms with Gasteiger partial charge in [0.05, 0.1) is 12.4 Å². The Morgan fingerprint density at radius 3 is 3.09 bits per heavy atom. The van der Waals surface area contributed by atoms with Gasteiger partial charge in [0.1, 0.15) is 23.4 Å². The Balaban J connectivity index is 2.23. The van der Waals surface area contributed by atoms with Crippen LogP contribution in [0.1, 0.15) is 5.69 Å². The van der Waals surface area contributed by atoms with Crippen LogP contribution >= 0.6 is 0 Å². The molecule has 0 fully saturated rings. The lowest BCUT2D eigenvalue weighted by Crippen LogP contribution is -1.94. The molecule has 7 heteroatoms. The smallest absolute Gasteiger partial charge is 0.306 e. The van der Waals surface area contributed by atoms with Gasteiger partial charge in [0.25, 0.3) is 0 Å². The molecule has 7 nitrogen and oxygen atoms in total. The number of phenols is 1. The Labute approximate surface area is 132 Å². The standard InChI is InChI=1S/C16H15N5O2/c1-18-13(5-6-19-10-17)15-14(11-3-2-4-12(22)9-11)20-16-21(15)7-8-23-16/h2-9,22H,1,10,17H2/b13-5-,19-6-. The maximum Gasteiger partial charge on any atom is 0.306 e. The Kier molecular flexibility index (Phi) is 4.03. The molecule has 3 rings (SSSR count). The predicted octanol–water partition coefficient (Wildman–Crippen LogP) is 2.33. The molecule has 0 amide bonds. The van der Waals surface area contributed by atoms with Crippen LogP contribution in [0.4, 0.5) is 0 Å². The van der Waals surface area contributed by atoms with Crippen LogP contribution < -0.4 is 5.73 Å². The molecule has 0 spiro atoms. The number of aromatic nitrogens is 2. The summed E-state index contributed by atoms with van der Waals surface area (Å²) >= 11 is 0. The van der Waals surface area contributed by atoms with Gasteiger partial charge in [-0.1, -0.05) is 12.1 Å². The van der Waals surface area contributed by atoms with E-state index in [9.17, 15) is 5.11 Å². The molecular formula is C16H15N5O2. The van der Waals surface area contributed by atoms with Crippen molar-refractivity contribution in [1.29, 1.82) is 0 Å². The van der Waals surface area contributed by atoms with Crippen molar-refractivity contribution in [3.05, 3.63) is 48.5 Å². The van der Waals surface area contributed by atoms with Gasteiger partial charge in [0, 0.05) is 18.0 Å². The quantitative estimate of drug-likeness (QED) is 0.706. The van der Waals surface area contributed by atoms with Crippen LogP contribution in [-0.2, 0) is 0 Å². The van der Waals surface area contributed by atoms with Crippen LogP contribution in [0.5, 0.6) is 5.75 Å². The highest BCUT2D eigenvalue weighted by atomic mass is 16.3. The number of fused-ring (bicyclic) bond motifs is 1. The molecule has 0 saturated heterocycles. The molecule has 2 heterocycles. The monoisotopic (exact) mass is 309 g/mol. The zero-order chi connectivity index (χ0) is 16.2. The van der Waals surface area contributed by atoms with E-state index in [1.807, 2.05) is 6.07 Å². The lowest BCUT2D eigenvalue weighted by molar-refractivity contribution is 0.475.